The molecule has 78 heavy (non-hydrogen) atoms. The first kappa shape index (κ1) is 72.6. The van der Waals surface area contributed by atoms with Gasteiger partial charge in [-0.1, -0.05) is 256 Å². The first-order valence-corrected chi connectivity index (χ1v) is 32.6. The lowest BCUT2D eigenvalue weighted by Crippen LogP contribution is -2.65. The number of hydrogen-bond donors (Lipinski definition) is 9. The SMILES string of the molecule is CCCCCCCCCC/C=C\CCCCCCCCCCCCCCCCCC(=O)NC(COC1OC(CO)C(OC2OC(CO)C(O)C(O)C2O)C(O)C1O)C(O)/C=C/CCCCCCCCCCCCCCCCC. The van der Waals surface area contributed by atoms with Crippen molar-refractivity contribution in [1.82, 2.24) is 5.32 Å². The molecule has 0 radical (unpaired) electrons. The molecule has 0 aromatic rings. The number of hydrogen-bond acceptors (Lipinski definition) is 13. The highest BCUT2D eigenvalue weighted by Crippen LogP contribution is 2.30. The Kier molecular flexibility index (Phi) is 46.5. The normalized spacial score (nSPS) is 24.6. The molecule has 0 spiro atoms. The molecule has 9 N–H and O–H groups in total. The van der Waals surface area contributed by atoms with Crippen LogP contribution in [0.3, 0.4) is 0 Å². The number of unbranched alkanes of at least 4 members (excludes halogenated alkanes) is 38. The highest BCUT2D eigenvalue weighted by atomic mass is 16.7. The molecule has 1 amide bonds. The predicted octanol–water partition coefficient (Wildman–Crippen LogP) is 12.0. The van der Waals surface area contributed by atoms with Gasteiger partial charge in [0.05, 0.1) is 32.0 Å². The van der Waals surface area contributed by atoms with Gasteiger partial charge in [-0.05, 0) is 44.9 Å². The average molecular weight is 1110 g/mol. The van der Waals surface area contributed by atoms with Crippen LogP contribution in [0.4, 0.5) is 0 Å². The van der Waals surface area contributed by atoms with Crippen LogP contribution in [0.25, 0.3) is 0 Å². The number of aliphatic hydroxyl groups is 8. The third kappa shape index (κ3) is 34.8. The Bertz CT molecular complexity index is 1400. The summed E-state index contributed by atoms with van der Waals surface area (Å²) >= 11 is 0. The second-order valence-electron chi connectivity index (χ2n) is 23.2. The van der Waals surface area contributed by atoms with Crippen LogP contribution >= 0.6 is 0 Å². The maximum absolute atomic E-state index is 13.3. The average Bonchev–Trinajstić information content (AvgIpc) is 3.44. The third-order valence-electron chi connectivity index (χ3n) is 16.1. The fourth-order valence-electron chi connectivity index (χ4n) is 10.9. The summed E-state index contributed by atoms with van der Waals surface area (Å²) in [7, 11) is 0. The number of allylic oxidation sites excluding steroid dienone is 3. The van der Waals surface area contributed by atoms with Crippen LogP contribution in [0.2, 0.25) is 0 Å². The van der Waals surface area contributed by atoms with E-state index in [1.54, 1.807) is 6.08 Å². The standard InChI is InChI=1S/C64H121NO13/c1-3-5-7-9-11-13-15-17-19-21-22-23-24-25-26-27-28-29-30-32-34-36-38-40-42-44-46-48-56(69)65-52(53(68)47-45-43-41-39-37-35-33-31-20-18-16-14-12-10-8-6-4-2)51-75-63-61(74)59(72)62(55(50-67)77-63)78-64-60(73)58(71)57(70)54(49-66)76-64/h21-22,45,47,52-55,57-64,66-68,70-74H,3-20,23-44,46,48-51H2,1-2H3,(H,65,69)/b22-21-,47-45+. The van der Waals surface area contributed by atoms with Crippen molar-refractivity contribution < 1.29 is 64.6 Å². The lowest BCUT2D eigenvalue weighted by atomic mass is 9.97. The molecule has 0 aromatic heterocycles. The Morgan fingerprint density at radius 2 is 0.808 bits per heavy atom. The van der Waals surface area contributed by atoms with Crippen molar-refractivity contribution in [1.29, 1.82) is 0 Å². The molecule has 2 aliphatic heterocycles. The zero-order valence-electron chi connectivity index (χ0n) is 49.7. The van der Waals surface area contributed by atoms with Crippen molar-refractivity contribution in [3.05, 3.63) is 24.3 Å². The maximum Gasteiger partial charge on any atom is 0.220 e. The first-order chi connectivity index (χ1) is 38.1. The van der Waals surface area contributed by atoms with E-state index in [1.807, 2.05) is 6.08 Å². The second kappa shape index (κ2) is 50.0. The Hall–Kier alpha value is -1.53. The van der Waals surface area contributed by atoms with Crippen LogP contribution in [0, 0.1) is 0 Å². The van der Waals surface area contributed by atoms with Gasteiger partial charge in [-0.25, -0.2) is 0 Å². The number of ether oxygens (including phenoxy) is 4. The summed E-state index contributed by atoms with van der Waals surface area (Å²) in [6.45, 7) is 2.83. The van der Waals surface area contributed by atoms with E-state index in [1.165, 1.54) is 218 Å². The number of amides is 1. The largest absolute Gasteiger partial charge is 0.394 e. The molecule has 460 valence electrons. The summed E-state index contributed by atoms with van der Waals surface area (Å²) in [5.74, 6) is -0.235. The minimum Gasteiger partial charge on any atom is -0.394 e. The number of carbonyl (C=O) groups is 1. The summed E-state index contributed by atoms with van der Waals surface area (Å²) in [5, 5.41) is 87.2. The zero-order chi connectivity index (χ0) is 56.7. The highest BCUT2D eigenvalue weighted by molar-refractivity contribution is 5.76. The summed E-state index contributed by atoms with van der Waals surface area (Å²) in [6, 6.07) is -0.912. The fourth-order valence-corrected chi connectivity index (χ4v) is 10.9. The number of carbonyl (C=O) groups excluding carboxylic acids is 1. The van der Waals surface area contributed by atoms with E-state index >= 15 is 0 Å². The van der Waals surface area contributed by atoms with Crippen LogP contribution in [-0.4, -0.2) is 140 Å². The Labute approximate surface area is 475 Å². The molecule has 2 saturated heterocycles. The minimum atomic E-state index is -1.79. The molecule has 0 aliphatic carbocycles. The second-order valence-corrected chi connectivity index (χ2v) is 23.2. The van der Waals surface area contributed by atoms with Gasteiger partial charge in [-0.15, -0.1) is 0 Å². The lowest BCUT2D eigenvalue weighted by Gasteiger charge is -2.46. The number of aliphatic hydroxyl groups excluding tert-OH is 8. The summed E-state index contributed by atoms with van der Waals surface area (Å²) in [4.78, 5) is 13.3. The molecular formula is C64H121NO13. The van der Waals surface area contributed by atoms with E-state index in [0.717, 1.165) is 38.5 Å². The van der Waals surface area contributed by atoms with Crippen molar-refractivity contribution in [2.75, 3.05) is 19.8 Å². The lowest BCUT2D eigenvalue weighted by molar-refractivity contribution is -0.359. The van der Waals surface area contributed by atoms with E-state index in [9.17, 15) is 45.6 Å². The molecular weight excluding hydrogens is 991 g/mol. The van der Waals surface area contributed by atoms with Crippen molar-refractivity contribution in [2.24, 2.45) is 0 Å². The van der Waals surface area contributed by atoms with E-state index in [0.29, 0.717) is 6.42 Å². The monoisotopic (exact) mass is 1110 g/mol. The molecule has 2 heterocycles. The van der Waals surface area contributed by atoms with Crippen LogP contribution in [0.15, 0.2) is 24.3 Å². The summed E-state index contributed by atoms with van der Waals surface area (Å²) < 4.78 is 22.8. The van der Waals surface area contributed by atoms with Crippen molar-refractivity contribution in [3.63, 3.8) is 0 Å². The van der Waals surface area contributed by atoms with E-state index in [2.05, 4.69) is 31.3 Å². The number of nitrogens with one attached hydrogen (secondary N) is 1. The molecule has 0 bridgehead atoms. The quantitative estimate of drug-likeness (QED) is 0.0204. The minimum absolute atomic E-state index is 0.235. The van der Waals surface area contributed by atoms with Gasteiger partial charge in [0.1, 0.15) is 48.8 Å². The molecule has 14 heteroatoms. The van der Waals surface area contributed by atoms with Gasteiger partial charge < -0.3 is 65.1 Å². The van der Waals surface area contributed by atoms with Gasteiger partial charge in [0.25, 0.3) is 0 Å². The Morgan fingerprint density at radius 1 is 0.449 bits per heavy atom. The maximum atomic E-state index is 13.3. The third-order valence-corrected chi connectivity index (χ3v) is 16.1. The Morgan fingerprint density at radius 3 is 1.22 bits per heavy atom. The predicted molar refractivity (Wildman–Crippen MR) is 314 cm³/mol. The molecule has 12 atom stereocenters. The van der Waals surface area contributed by atoms with Crippen LogP contribution in [0.1, 0.15) is 284 Å². The molecule has 0 saturated carbocycles. The Balaban J connectivity index is 1.70. The number of rotatable bonds is 53. The van der Waals surface area contributed by atoms with E-state index < -0.39 is 86.8 Å². The zero-order valence-corrected chi connectivity index (χ0v) is 49.7. The first-order valence-electron chi connectivity index (χ1n) is 32.6. The molecule has 12 unspecified atom stereocenters. The van der Waals surface area contributed by atoms with Gasteiger partial charge in [-0.2, -0.15) is 0 Å². The van der Waals surface area contributed by atoms with Crippen molar-refractivity contribution in [2.45, 2.75) is 357 Å². The van der Waals surface area contributed by atoms with E-state index in [4.69, 9.17) is 18.9 Å². The van der Waals surface area contributed by atoms with Crippen molar-refractivity contribution in [3.8, 4) is 0 Å². The van der Waals surface area contributed by atoms with Crippen LogP contribution < -0.4 is 5.32 Å². The van der Waals surface area contributed by atoms with Gasteiger partial charge >= 0.3 is 0 Å². The van der Waals surface area contributed by atoms with Gasteiger partial charge in [-0.3, -0.25) is 4.79 Å². The van der Waals surface area contributed by atoms with Gasteiger partial charge in [0, 0.05) is 6.42 Å². The smallest absolute Gasteiger partial charge is 0.220 e. The molecule has 14 nitrogen and oxygen atoms in total. The van der Waals surface area contributed by atoms with Crippen LogP contribution in [0.5, 0.6) is 0 Å². The van der Waals surface area contributed by atoms with Crippen molar-refractivity contribution >= 4 is 5.91 Å². The molecule has 2 fully saturated rings. The highest BCUT2D eigenvalue weighted by Gasteiger charge is 2.51. The van der Waals surface area contributed by atoms with Crippen LogP contribution in [-0.2, 0) is 23.7 Å². The topological polar surface area (TPSA) is 228 Å². The fraction of sp³-hybridized carbons (Fsp3) is 0.922. The summed E-state index contributed by atoms with van der Waals surface area (Å²) in [6.07, 6.45) is 43.7. The molecule has 2 aliphatic rings. The molecule has 2 rings (SSSR count). The summed E-state index contributed by atoms with van der Waals surface area (Å²) in [5.41, 5.74) is 0. The van der Waals surface area contributed by atoms with E-state index in [-0.39, 0.29) is 18.9 Å². The molecule has 0 aromatic carbocycles. The van der Waals surface area contributed by atoms with Gasteiger partial charge in [0.15, 0.2) is 12.6 Å². The van der Waals surface area contributed by atoms with Gasteiger partial charge in [0.2, 0.25) is 5.91 Å².